The van der Waals surface area contributed by atoms with E-state index in [1.165, 1.54) is 10.9 Å². The summed E-state index contributed by atoms with van der Waals surface area (Å²) in [5.41, 5.74) is 2.11. The number of halogens is 1. The van der Waals surface area contributed by atoms with Gasteiger partial charge in [0.15, 0.2) is 0 Å². The maximum atomic E-state index is 13.5. The summed E-state index contributed by atoms with van der Waals surface area (Å²) < 4.78 is 13.5. The summed E-state index contributed by atoms with van der Waals surface area (Å²) in [5.74, 6) is -0.175. The van der Waals surface area contributed by atoms with Crippen molar-refractivity contribution in [1.29, 1.82) is 0 Å². The van der Waals surface area contributed by atoms with Gasteiger partial charge in [0.25, 0.3) is 0 Å². The van der Waals surface area contributed by atoms with Crippen molar-refractivity contribution < 1.29 is 4.39 Å². The fourth-order valence-corrected chi connectivity index (χ4v) is 2.93. The van der Waals surface area contributed by atoms with Gasteiger partial charge in [0.05, 0.1) is 0 Å². The van der Waals surface area contributed by atoms with Gasteiger partial charge in [0.2, 0.25) is 0 Å². The van der Waals surface area contributed by atoms with E-state index in [9.17, 15) is 4.39 Å². The molecule has 0 spiro atoms. The van der Waals surface area contributed by atoms with Crippen LogP contribution in [0.1, 0.15) is 24.3 Å². The Kier molecular flexibility index (Phi) is 5.76. The lowest BCUT2D eigenvalue weighted by atomic mass is 10.1. The van der Waals surface area contributed by atoms with E-state index >= 15 is 0 Å². The SMILES string of the molecule is CC(C)NCc1cc(F)ccc1N(C)CCc1cccs1. The maximum absolute atomic E-state index is 13.5. The van der Waals surface area contributed by atoms with E-state index in [-0.39, 0.29) is 5.82 Å². The van der Waals surface area contributed by atoms with E-state index < -0.39 is 0 Å². The monoisotopic (exact) mass is 306 g/mol. The van der Waals surface area contributed by atoms with Crippen molar-refractivity contribution in [2.45, 2.75) is 32.9 Å². The molecule has 0 saturated heterocycles. The third-order valence-electron chi connectivity index (χ3n) is 3.43. The Morgan fingerprint density at radius 3 is 2.76 bits per heavy atom. The van der Waals surface area contributed by atoms with E-state index in [0.29, 0.717) is 12.6 Å². The highest BCUT2D eigenvalue weighted by Crippen LogP contribution is 2.21. The van der Waals surface area contributed by atoms with Crippen molar-refractivity contribution >= 4 is 17.0 Å². The summed E-state index contributed by atoms with van der Waals surface area (Å²) in [6.45, 7) is 5.81. The number of hydrogen-bond acceptors (Lipinski definition) is 3. The molecule has 1 heterocycles. The number of nitrogens with zero attached hydrogens (tertiary/aromatic N) is 1. The molecular formula is C17H23FN2S. The van der Waals surface area contributed by atoms with Gasteiger partial charge in [-0.1, -0.05) is 19.9 Å². The van der Waals surface area contributed by atoms with Crippen LogP contribution in [0.25, 0.3) is 0 Å². The zero-order valence-electron chi connectivity index (χ0n) is 12.9. The van der Waals surface area contributed by atoms with Gasteiger partial charge in [-0.15, -0.1) is 11.3 Å². The highest BCUT2D eigenvalue weighted by atomic mass is 32.1. The van der Waals surface area contributed by atoms with Crippen molar-refractivity contribution in [3.05, 3.63) is 52.0 Å². The summed E-state index contributed by atoms with van der Waals surface area (Å²) in [4.78, 5) is 3.59. The molecule has 0 bridgehead atoms. The highest BCUT2D eigenvalue weighted by Gasteiger charge is 2.09. The molecule has 0 aliphatic heterocycles. The predicted octanol–water partition coefficient (Wildman–Crippen LogP) is 4.06. The molecule has 4 heteroatoms. The van der Waals surface area contributed by atoms with E-state index in [2.05, 4.69) is 48.6 Å². The lowest BCUT2D eigenvalue weighted by Crippen LogP contribution is -2.26. The number of rotatable bonds is 7. The summed E-state index contributed by atoms with van der Waals surface area (Å²) in [7, 11) is 2.07. The second-order valence-corrected chi connectivity index (χ2v) is 6.59. The van der Waals surface area contributed by atoms with Gasteiger partial charge in [-0.25, -0.2) is 4.39 Å². The topological polar surface area (TPSA) is 15.3 Å². The molecule has 1 N–H and O–H groups in total. The first-order chi connectivity index (χ1) is 10.1. The van der Waals surface area contributed by atoms with Crippen LogP contribution in [0.4, 0.5) is 10.1 Å². The van der Waals surface area contributed by atoms with E-state index in [1.54, 1.807) is 17.4 Å². The van der Waals surface area contributed by atoms with Crippen molar-refractivity contribution in [2.75, 3.05) is 18.5 Å². The molecule has 0 radical (unpaired) electrons. The first-order valence-electron chi connectivity index (χ1n) is 7.31. The summed E-state index contributed by atoms with van der Waals surface area (Å²) in [6.07, 6.45) is 1.02. The molecule has 1 aromatic heterocycles. The fourth-order valence-electron chi connectivity index (χ4n) is 2.24. The number of benzene rings is 1. The second-order valence-electron chi connectivity index (χ2n) is 5.56. The predicted molar refractivity (Wildman–Crippen MR) is 89.7 cm³/mol. The lowest BCUT2D eigenvalue weighted by Gasteiger charge is -2.23. The van der Waals surface area contributed by atoms with Gasteiger partial charge < -0.3 is 10.2 Å². The largest absolute Gasteiger partial charge is 0.374 e. The molecule has 114 valence electrons. The molecular weight excluding hydrogens is 283 g/mol. The Balaban J connectivity index is 2.05. The smallest absolute Gasteiger partial charge is 0.123 e. The van der Waals surface area contributed by atoms with Crippen LogP contribution in [-0.2, 0) is 13.0 Å². The minimum absolute atomic E-state index is 0.175. The van der Waals surface area contributed by atoms with Crippen molar-refractivity contribution in [2.24, 2.45) is 0 Å². The maximum Gasteiger partial charge on any atom is 0.123 e. The fraction of sp³-hybridized carbons (Fsp3) is 0.412. The van der Waals surface area contributed by atoms with Crippen molar-refractivity contribution in [3.8, 4) is 0 Å². The Morgan fingerprint density at radius 1 is 1.29 bits per heavy atom. The van der Waals surface area contributed by atoms with Gasteiger partial charge in [0, 0.05) is 36.7 Å². The van der Waals surface area contributed by atoms with E-state index in [0.717, 1.165) is 24.2 Å². The van der Waals surface area contributed by atoms with Crippen LogP contribution >= 0.6 is 11.3 Å². The number of hydrogen-bond donors (Lipinski definition) is 1. The van der Waals surface area contributed by atoms with Crippen molar-refractivity contribution in [3.63, 3.8) is 0 Å². The van der Waals surface area contributed by atoms with Crippen LogP contribution in [0, 0.1) is 5.82 Å². The zero-order chi connectivity index (χ0) is 15.2. The Labute approximate surface area is 130 Å². The van der Waals surface area contributed by atoms with Crippen LogP contribution in [0.3, 0.4) is 0 Å². The van der Waals surface area contributed by atoms with E-state index in [1.807, 2.05) is 6.07 Å². The molecule has 0 aliphatic carbocycles. The number of anilines is 1. The normalized spacial score (nSPS) is 11.1. The summed E-state index contributed by atoms with van der Waals surface area (Å²) in [5, 5.41) is 5.47. The molecule has 0 fully saturated rings. The van der Waals surface area contributed by atoms with Gasteiger partial charge in [-0.2, -0.15) is 0 Å². The van der Waals surface area contributed by atoms with Gasteiger partial charge in [-0.05, 0) is 41.6 Å². The Bertz CT molecular complexity index is 552. The minimum atomic E-state index is -0.175. The number of nitrogens with one attached hydrogen (secondary N) is 1. The molecule has 0 unspecified atom stereocenters. The highest BCUT2D eigenvalue weighted by molar-refractivity contribution is 7.09. The Morgan fingerprint density at radius 2 is 2.10 bits per heavy atom. The molecule has 0 amide bonds. The molecule has 0 aliphatic rings. The van der Waals surface area contributed by atoms with Crippen LogP contribution < -0.4 is 10.2 Å². The summed E-state index contributed by atoms with van der Waals surface area (Å²) >= 11 is 1.78. The molecule has 2 rings (SSSR count). The van der Waals surface area contributed by atoms with Gasteiger partial charge in [-0.3, -0.25) is 0 Å². The molecule has 2 aromatic rings. The standard InChI is InChI=1S/C17H23FN2S/c1-13(2)19-12-14-11-15(18)6-7-17(14)20(3)9-8-16-5-4-10-21-16/h4-7,10-11,13,19H,8-9,12H2,1-3H3. The molecule has 1 aromatic carbocycles. The number of thiophene rings is 1. The van der Waals surface area contributed by atoms with Crippen LogP contribution in [0.5, 0.6) is 0 Å². The van der Waals surface area contributed by atoms with Crippen molar-refractivity contribution in [1.82, 2.24) is 5.32 Å². The van der Waals surface area contributed by atoms with Gasteiger partial charge >= 0.3 is 0 Å². The lowest BCUT2D eigenvalue weighted by molar-refractivity contribution is 0.581. The Hall–Kier alpha value is -1.39. The molecule has 0 atom stereocenters. The molecule has 2 nitrogen and oxygen atoms in total. The molecule has 0 saturated carbocycles. The third-order valence-corrected chi connectivity index (χ3v) is 4.36. The molecule has 21 heavy (non-hydrogen) atoms. The zero-order valence-corrected chi connectivity index (χ0v) is 13.7. The average Bonchev–Trinajstić information content (AvgIpc) is 2.96. The van der Waals surface area contributed by atoms with Crippen LogP contribution in [-0.4, -0.2) is 19.6 Å². The average molecular weight is 306 g/mol. The first-order valence-corrected chi connectivity index (χ1v) is 8.19. The van der Waals surface area contributed by atoms with Crippen LogP contribution in [0.2, 0.25) is 0 Å². The third kappa shape index (κ3) is 4.83. The number of likely N-dealkylation sites (N-methyl/N-ethyl adjacent to an activating group) is 1. The van der Waals surface area contributed by atoms with Gasteiger partial charge in [0.1, 0.15) is 5.82 Å². The first kappa shape index (κ1) is 16.0. The van der Waals surface area contributed by atoms with E-state index in [4.69, 9.17) is 0 Å². The summed E-state index contributed by atoms with van der Waals surface area (Å²) in [6, 6.07) is 9.67. The quantitative estimate of drug-likeness (QED) is 0.829. The van der Waals surface area contributed by atoms with Crippen LogP contribution in [0.15, 0.2) is 35.7 Å². The minimum Gasteiger partial charge on any atom is -0.374 e. The second kappa shape index (κ2) is 7.57.